The van der Waals surface area contributed by atoms with Gasteiger partial charge in [0, 0.05) is 12.0 Å². The van der Waals surface area contributed by atoms with Gasteiger partial charge in [-0.2, -0.15) is 0 Å². The zero-order valence-corrected chi connectivity index (χ0v) is 11.8. The van der Waals surface area contributed by atoms with E-state index in [9.17, 15) is 4.79 Å². The number of para-hydroxylation sites is 1. The topological polar surface area (TPSA) is 55.1 Å². The van der Waals surface area contributed by atoms with E-state index in [0.29, 0.717) is 13.0 Å². The van der Waals surface area contributed by atoms with Gasteiger partial charge in [-0.15, -0.1) is 0 Å². The number of carbonyl (C=O) groups excluding carboxylic acids is 1. The number of carbonyl (C=O) groups is 1. The fourth-order valence-electron chi connectivity index (χ4n) is 1.96. The Labute approximate surface area is 125 Å². The Bertz CT molecular complexity index is 654. The maximum absolute atomic E-state index is 12.0. The first kappa shape index (κ1) is 14.8. The van der Waals surface area contributed by atoms with E-state index < -0.39 is 0 Å². The quantitative estimate of drug-likeness (QED) is 0.845. The summed E-state index contributed by atoms with van der Waals surface area (Å²) in [5.74, 6) is 5.75. The number of rotatable bonds is 4. The van der Waals surface area contributed by atoms with E-state index in [1.807, 2.05) is 54.6 Å². The first-order valence-corrected chi connectivity index (χ1v) is 6.91. The van der Waals surface area contributed by atoms with Gasteiger partial charge in [-0.25, -0.2) is 0 Å². The first-order valence-electron chi connectivity index (χ1n) is 6.91. The van der Waals surface area contributed by atoms with Crippen molar-refractivity contribution < 1.29 is 4.79 Å². The summed E-state index contributed by atoms with van der Waals surface area (Å²) in [6.45, 7) is 0.302. The molecule has 0 aromatic heterocycles. The van der Waals surface area contributed by atoms with Crippen LogP contribution in [0.1, 0.15) is 17.5 Å². The zero-order valence-electron chi connectivity index (χ0n) is 11.8. The fraction of sp³-hybridized carbons (Fsp3) is 0.167. The molecule has 0 aliphatic rings. The molecule has 0 atom stereocenters. The third-order valence-electron chi connectivity index (χ3n) is 3.01. The minimum Gasteiger partial charge on any atom is -0.325 e. The molecule has 0 bridgehead atoms. The lowest BCUT2D eigenvalue weighted by Gasteiger charge is -2.07. The Morgan fingerprint density at radius 2 is 1.76 bits per heavy atom. The number of hydrogen-bond acceptors (Lipinski definition) is 2. The Hall–Kier alpha value is -2.57. The van der Waals surface area contributed by atoms with Crippen molar-refractivity contribution in [1.29, 1.82) is 0 Å². The maximum atomic E-state index is 12.0. The van der Waals surface area contributed by atoms with Gasteiger partial charge in [-0.05, 0) is 24.1 Å². The van der Waals surface area contributed by atoms with Crippen LogP contribution >= 0.6 is 0 Å². The van der Waals surface area contributed by atoms with Gasteiger partial charge in [-0.1, -0.05) is 54.3 Å². The van der Waals surface area contributed by atoms with Crippen LogP contribution in [0.25, 0.3) is 0 Å². The monoisotopic (exact) mass is 278 g/mol. The smallest absolute Gasteiger partial charge is 0.224 e. The third-order valence-corrected chi connectivity index (χ3v) is 3.01. The van der Waals surface area contributed by atoms with Gasteiger partial charge in [-0.3, -0.25) is 4.79 Å². The first-order chi connectivity index (χ1) is 10.3. The van der Waals surface area contributed by atoms with Crippen molar-refractivity contribution in [2.24, 2.45) is 5.73 Å². The second-order valence-electron chi connectivity index (χ2n) is 4.59. The Morgan fingerprint density at radius 3 is 2.52 bits per heavy atom. The van der Waals surface area contributed by atoms with E-state index in [-0.39, 0.29) is 5.91 Å². The number of aryl methyl sites for hydroxylation is 1. The van der Waals surface area contributed by atoms with Crippen LogP contribution in [0.3, 0.4) is 0 Å². The van der Waals surface area contributed by atoms with Crippen LogP contribution in [0.5, 0.6) is 0 Å². The summed E-state index contributed by atoms with van der Waals surface area (Å²) in [5, 5.41) is 2.91. The van der Waals surface area contributed by atoms with E-state index >= 15 is 0 Å². The molecule has 1 amide bonds. The standard InChI is InChI=1S/C18H18N2O/c19-14-6-10-16-9-4-5-11-17(16)20-18(21)13-12-15-7-2-1-3-8-15/h1-5,7-9,11H,12-14,19H2,(H,20,21). The molecule has 3 heteroatoms. The predicted molar refractivity (Wildman–Crippen MR) is 85.8 cm³/mol. The molecule has 0 spiro atoms. The summed E-state index contributed by atoms with van der Waals surface area (Å²) in [6, 6.07) is 17.4. The van der Waals surface area contributed by atoms with Crippen molar-refractivity contribution in [2.75, 3.05) is 11.9 Å². The average molecular weight is 278 g/mol. The predicted octanol–water partition coefficient (Wildman–Crippen LogP) is 2.57. The summed E-state index contributed by atoms with van der Waals surface area (Å²) in [6.07, 6.45) is 1.17. The van der Waals surface area contributed by atoms with Crippen LogP contribution in [0.2, 0.25) is 0 Å². The summed E-state index contributed by atoms with van der Waals surface area (Å²) in [7, 11) is 0. The molecule has 0 radical (unpaired) electrons. The lowest BCUT2D eigenvalue weighted by Crippen LogP contribution is -2.13. The molecule has 0 aliphatic carbocycles. The molecule has 0 aliphatic heterocycles. The number of benzene rings is 2. The van der Waals surface area contributed by atoms with Crippen molar-refractivity contribution in [1.82, 2.24) is 0 Å². The van der Waals surface area contributed by atoms with Crippen LogP contribution in [0.4, 0.5) is 5.69 Å². The molecule has 2 aromatic rings. The number of anilines is 1. The molecule has 21 heavy (non-hydrogen) atoms. The summed E-state index contributed by atoms with van der Waals surface area (Å²) >= 11 is 0. The number of nitrogens with one attached hydrogen (secondary N) is 1. The van der Waals surface area contributed by atoms with Gasteiger partial charge >= 0.3 is 0 Å². The molecule has 2 rings (SSSR count). The van der Waals surface area contributed by atoms with Crippen molar-refractivity contribution in [3.05, 3.63) is 65.7 Å². The molecule has 2 aromatic carbocycles. The second-order valence-corrected chi connectivity index (χ2v) is 4.59. The SMILES string of the molecule is NCC#Cc1ccccc1NC(=O)CCc1ccccc1. The van der Waals surface area contributed by atoms with Crippen molar-refractivity contribution in [3.8, 4) is 11.8 Å². The summed E-state index contributed by atoms with van der Waals surface area (Å²) in [5.41, 5.74) is 8.06. The van der Waals surface area contributed by atoms with Crippen molar-refractivity contribution in [3.63, 3.8) is 0 Å². The van der Waals surface area contributed by atoms with E-state index in [2.05, 4.69) is 17.2 Å². The summed E-state index contributed by atoms with van der Waals surface area (Å²) in [4.78, 5) is 12.0. The van der Waals surface area contributed by atoms with Gasteiger partial charge in [0.25, 0.3) is 0 Å². The Kier molecular flexibility index (Phi) is 5.57. The lowest BCUT2D eigenvalue weighted by molar-refractivity contribution is -0.116. The molecule has 3 nitrogen and oxygen atoms in total. The van der Waals surface area contributed by atoms with E-state index in [0.717, 1.165) is 23.2 Å². The third kappa shape index (κ3) is 4.79. The Balaban J connectivity index is 1.97. The van der Waals surface area contributed by atoms with Gasteiger partial charge in [0.15, 0.2) is 0 Å². The van der Waals surface area contributed by atoms with Gasteiger partial charge in [0.05, 0.1) is 12.2 Å². The lowest BCUT2D eigenvalue weighted by atomic mass is 10.1. The maximum Gasteiger partial charge on any atom is 0.224 e. The molecule has 0 fully saturated rings. The van der Waals surface area contributed by atoms with Crippen LogP contribution in [0.15, 0.2) is 54.6 Å². The molecular formula is C18H18N2O. The molecule has 0 saturated heterocycles. The number of nitrogens with two attached hydrogens (primary N) is 1. The van der Waals surface area contributed by atoms with Crippen LogP contribution in [-0.2, 0) is 11.2 Å². The molecule has 3 N–H and O–H groups in total. The average Bonchev–Trinajstić information content (AvgIpc) is 2.53. The van der Waals surface area contributed by atoms with E-state index in [1.165, 1.54) is 0 Å². The van der Waals surface area contributed by atoms with Gasteiger partial charge < -0.3 is 11.1 Å². The van der Waals surface area contributed by atoms with Gasteiger partial charge in [0.2, 0.25) is 5.91 Å². The second kappa shape index (κ2) is 7.88. The van der Waals surface area contributed by atoms with Crippen molar-refractivity contribution in [2.45, 2.75) is 12.8 Å². The Morgan fingerprint density at radius 1 is 1.05 bits per heavy atom. The number of hydrogen-bond donors (Lipinski definition) is 2. The zero-order chi connectivity index (χ0) is 14.9. The van der Waals surface area contributed by atoms with Crippen LogP contribution in [0, 0.1) is 11.8 Å². The molecule has 106 valence electrons. The largest absolute Gasteiger partial charge is 0.325 e. The molecule has 0 unspecified atom stereocenters. The van der Waals surface area contributed by atoms with Crippen molar-refractivity contribution >= 4 is 11.6 Å². The highest BCUT2D eigenvalue weighted by molar-refractivity contribution is 5.92. The normalized spacial score (nSPS) is 9.57. The highest BCUT2D eigenvalue weighted by Crippen LogP contribution is 2.14. The van der Waals surface area contributed by atoms with Gasteiger partial charge in [0.1, 0.15) is 0 Å². The summed E-state index contributed by atoms with van der Waals surface area (Å²) < 4.78 is 0. The van der Waals surface area contributed by atoms with E-state index in [1.54, 1.807) is 0 Å². The van der Waals surface area contributed by atoms with Crippen LogP contribution in [-0.4, -0.2) is 12.5 Å². The number of amides is 1. The molecule has 0 heterocycles. The highest BCUT2D eigenvalue weighted by atomic mass is 16.1. The fourth-order valence-corrected chi connectivity index (χ4v) is 1.96. The molecular weight excluding hydrogens is 260 g/mol. The minimum atomic E-state index is -0.0131. The minimum absolute atomic E-state index is 0.0131. The van der Waals surface area contributed by atoms with Crippen LogP contribution < -0.4 is 11.1 Å². The highest BCUT2D eigenvalue weighted by Gasteiger charge is 2.05. The van der Waals surface area contributed by atoms with E-state index in [4.69, 9.17) is 5.73 Å². The molecule has 0 saturated carbocycles.